The third kappa shape index (κ3) is 3.50. The van der Waals surface area contributed by atoms with Crippen molar-refractivity contribution in [2.75, 3.05) is 19.6 Å². The second-order valence-electron chi connectivity index (χ2n) is 6.78. The van der Waals surface area contributed by atoms with Crippen LogP contribution < -0.4 is 10.1 Å². The summed E-state index contributed by atoms with van der Waals surface area (Å²) in [5, 5.41) is 13.3. The fourth-order valence-corrected chi connectivity index (χ4v) is 3.58. The van der Waals surface area contributed by atoms with Gasteiger partial charge in [0, 0.05) is 30.7 Å². The molecule has 0 radical (unpaired) electrons. The fraction of sp³-hybridized carbons (Fsp3) is 0.300. The third-order valence-electron chi connectivity index (χ3n) is 4.99. The molecular formula is C20H20ClN3O3. The smallest absolute Gasteiger partial charge is 0.307 e. The second kappa shape index (κ2) is 7.21. The number of ether oxygens (including phenoxy) is 1. The first kappa shape index (κ1) is 17.8. The molecule has 0 saturated carbocycles. The molecule has 140 valence electrons. The molecule has 2 aliphatic heterocycles. The zero-order chi connectivity index (χ0) is 19.0. The largest absolute Gasteiger partial charge is 0.481 e. The molecule has 27 heavy (non-hydrogen) atoms. The molecule has 2 aromatic rings. The van der Waals surface area contributed by atoms with E-state index in [1.54, 1.807) is 19.1 Å². The van der Waals surface area contributed by atoms with Gasteiger partial charge < -0.3 is 20.1 Å². The zero-order valence-corrected chi connectivity index (χ0v) is 15.6. The third-order valence-corrected chi connectivity index (χ3v) is 5.23. The number of rotatable bonds is 2. The summed E-state index contributed by atoms with van der Waals surface area (Å²) < 4.78 is 6.08. The van der Waals surface area contributed by atoms with Crippen LogP contribution in [0.25, 0.3) is 0 Å². The van der Waals surface area contributed by atoms with Gasteiger partial charge in [0.25, 0.3) is 0 Å². The molecule has 0 spiro atoms. The van der Waals surface area contributed by atoms with Crippen LogP contribution in [-0.2, 0) is 4.79 Å². The van der Waals surface area contributed by atoms with Crippen molar-refractivity contribution >= 4 is 29.1 Å². The lowest BCUT2D eigenvalue weighted by molar-refractivity contribution is -0.142. The average molecular weight is 386 g/mol. The van der Waals surface area contributed by atoms with Gasteiger partial charge in [0.15, 0.2) is 5.75 Å². The molecule has 2 aliphatic rings. The van der Waals surface area contributed by atoms with Gasteiger partial charge in [0.1, 0.15) is 17.3 Å². The highest BCUT2D eigenvalue weighted by Crippen LogP contribution is 2.39. The summed E-state index contributed by atoms with van der Waals surface area (Å²) >= 11 is 6.16. The number of fused-ring (bicyclic) bond motifs is 2. The van der Waals surface area contributed by atoms with Crippen LogP contribution in [0.5, 0.6) is 11.5 Å². The standard InChI is InChI=1S/C20H20ClN3O3/c1-12(20(25)26)16-11-24(9-8-22-16)19-14-4-2-3-5-17(14)27-18-7-6-13(21)10-15(18)23-19/h2-7,10,12,16,22H,8-9,11H2,1H3,(H,25,26). The molecule has 0 amide bonds. The summed E-state index contributed by atoms with van der Waals surface area (Å²) in [6.07, 6.45) is 0. The second-order valence-corrected chi connectivity index (χ2v) is 7.22. The first-order valence-corrected chi connectivity index (χ1v) is 9.27. The van der Waals surface area contributed by atoms with Crippen molar-refractivity contribution in [3.8, 4) is 11.5 Å². The summed E-state index contributed by atoms with van der Waals surface area (Å²) in [5.41, 5.74) is 1.54. The molecule has 0 aromatic heterocycles. The highest BCUT2D eigenvalue weighted by atomic mass is 35.5. The molecule has 0 aliphatic carbocycles. The number of hydrogen-bond donors (Lipinski definition) is 2. The molecule has 2 N–H and O–H groups in total. The molecule has 7 heteroatoms. The first-order valence-electron chi connectivity index (χ1n) is 8.89. The minimum atomic E-state index is -0.807. The van der Waals surface area contributed by atoms with Gasteiger partial charge in [-0.25, -0.2) is 4.99 Å². The predicted molar refractivity (Wildman–Crippen MR) is 104 cm³/mol. The van der Waals surface area contributed by atoms with E-state index in [2.05, 4.69) is 10.2 Å². The Morgan fingerprint density at radius 3 is 2.96 bits per heavy atom. The number of nitrogens with one attached hydrogen (secondary N) is 1. The maximum Gasteiger partial charge on any atom is 0.307 e. The van der Waals surface area contributed by atoms with E-state index in [1.165, 1.54) is 0 Å². The number of benzene rings is 2. The molecule has 2 atom stereocenters. The maximum atomic E-state index is 11.4. The number of carboxylic acids is 1. The monoisotopic (exact) mass is 385 g/mol. The van der Waals surface area contributed by atoms with Gasteiger partial charge in [-0.1, -0.05) is 30.7 Å². The lowest BCUT2D eigenvalue weighted by Gasteiger charge is -2.37. The number of amidine groups is 1. The number of piperazine rings is 1. The Morgan fingerprint density at radius 2 is 2.15 bits per heavy atom. The molecular weight excluding hydrogens is 366 g/mol. The predicted octanol–water partition coefficient (Wildman–Crippen LogP) is 3.52. The number of para-hydroxylation sites is 1. The SMILES string of the molecule is CC(C(=O)O)C1CN(C2=Nc3cc(Cl)ccc3Oc3ccccc32)CCN1. The van der Waals surface area contributed by atoms with Crippen molar-refractivity contribution in [2.45, 2.75) is 13.0 Å². The molecule has 2 heterocycles. The van der Waals surface area contributed by atoms with Gasteiger partial charge in [0.05, 0.1) is 11.5 Å². The van der Waals surface area contributed by atoms with Crippen molar-refractivity contribution in [3.63, 3.8) is 0 Å². The van der Waals surface area contributed by atoms with Crippen LogP contribution in [0.3, 0.4) is 0 Å². The van der Waals surface area contributed by atoms with E-state index in [9.17, 15) is 9.90 Å². The number of aliphatic carboxylic acids is 1. The summed E-state index contributed by atoms with van der Waals surface area (Å²) in [4.78, 5) is 18.4. The van der Waals surface area contributed by atoms with Gasteiger partial charge in [-0.15, -0.1) is 0 Å². The topological polar surface area (TPSA) is 74.2 Å². The highest BCUT2D eigenvalue weighted by molar-refractivity contribution is 6.31. The van der Waals surface area contributed by atoms with Crippen LogP contribution in [0, 0.1) is 5.92 Å². The van der Waals surface area contributed by atoms with E-state index >= 15 is 0 Å². The van der Waals surface area contributed by atoms with Crippen molar-refractivity contribution in [3.05, 3.63) is 53.1 Å². The quantitative estimate of drug-likeness (QED) is 0.827. The number of hydrogen-bond acceptors (Lipinski definition) is 5. The number of halogens is 1. The number of aliphatic imine (C=N–C) groups is 1. The van der Waals surface area contributed by atoms with E-state index in [0.717, 1.165) is 23.7 Å². The van der Waals surface area contributed by atoms with Gasteiger partial charge in [-0.05, 0) is 30.3 Å². The van der Waals surface area contributed by atoms with E-state index in [4.69, 9.17) is 21.3 Å². The first-order chi connectivity index (χ1) is 13.0. The summed E-state index contributed by atoms with van der Waals surface area (Å²) in [5.74, 6) is 0.840. The Labute approximate surface area is 162 Å². The number of carboxylic acid groups (broad SMARTS) is 1. The Bertz CT molecular complexity index is 915. The fourth-order valence-electron chi connectivity index (χ4n) is 3.42. The lowest BCUT2D eigenvalue weighted by atomic mass is 9.99. The average Bonchev–Trinajstić information content (AvgIpc) is 2.84. The van der Waals surface area contributed by atoms with Crippen molar-refractivity contribution in [1.29, 1.82) is 0 Å². The highest BCUT2D eigenvalue weighted by Gasteiger charge is 2.31. The Hall–Kier alpha value is -2.57. The number of carbonyl (C=O) groups is 1. The van der Waals surface area contributed by atoms with Crippen LogP contribution in [-0.4, -0.2) is 47.5 Å². The van der Waals surface area contributed by atoms with Gasteiger partial charge >= 0.3 is 5.97 Å². The molecule has 1 fully saturated rings. The van der Waals surface area contributed by atoms with Crippen LogP contribution in [0.2, 0.25) is 5.02 Å². The Balaban J connectivity index is 1.76. The number of nitrogens with zero attached hydrogens (tertiary/aromatic N) is 2. The van der Waals surface area contributed by atoms with Crippen LogP contribution in [0.15, 0.2) is 47.5 Å². The normalized spacial score (nSPS) is 19.9. The molecule has 0 bridgehead atoms. The Kier molecular flexibility index (Phi) is 4.76. The van der Waals surface area contributed by atoms with E-state index in [1.807, 2.05) is 30.3 Å². The summed E-state index contributed by atoms with van der Waals surface area (Å²) in [7, 11) is 0. The van der Waals surface area contributed by atoms with E-state index in [0.29, 0.717) is 29.5 Å². The zero-order valence-electron chi connectivity index (χ0n) is 14.9. The van der Waals surface area contributed by atoms with E-state index in [-0.39, 0.29) is 6.04 Å². The van der Waals surface area contributed by atoms with Gasteiger partial charge in [0.2, 0.25) is 0 Å². The van der Waals surface area contributed by atoms with Crippen molar-refractivity contribution < 1.29 is 14.6 Å². The molecule has 2 unspecified atom stereocenters. The van der Waals surface area contributed by atoms with E-state index < -0.39 is 11.9 Å². The van der Waals surface area contributed by atoms with Gasteiger partial charge in [-0.2, -0.15) is 0 Å². The van der Waals surface area contributed by atoms with Gasteiger partial charge in [-0.3, -0.25) is 4.79 Å². The molecule has 2 aromatic carbocycles. The van der Waals surface area contributed by atoms with Crippen LogP contribution in [0.1, 0.15) is 12.5 Å². The summed E-state index contributed by atoms with van der Waals surface area (Å²) in [6.45, 7) is 3.69. The summed E-state index contributed by atoms with van der Waals surface area (Å²) in [6, 6.07) is 13.0. The lowest BCUT2D eigenvalue weighted by Crippen LogP contribution is -2.56. The minimum Gasteiger partial charge on any atom is -0.481 e. The van der Waals surface area contributed by atoms with Crippen molar-refractivity contribution in [2.24, 2.45) is 10.9 Å². The Morgan fingerprint density at radius 1 is 1.33 bits per heavy atom. The van der Waals surface area contributed by atoms with Crippen molar-refractivity contribution in [1.82, 2.24) is 10.2 Å². The van der Waals surface area contributed by atoms with Crippen LogP contribution >= 0.6 is 11.6 Å². The minimum absolute atomic E-state index is 0.158. The van der Waals surface area contributed by atoms with Crippen LogP contribution in [0.4, 0.5) is 5.69 Å². The molecule has 4 rings (SSSR count). The maximum absolute atomic E-state index is 11.4. The molecule has 1 saturated heterocycles. The molecule has 6 nitrogen and oxygen atoms in total.